The minimum absolute atomic E-state index is 0.128. The van der Waals surface area contributed by atoms with Crippen molar-refractivity contribution < 1.29 is 27.6 Å². The number of fused-ring (bicyclic) bond motifs is 2. The lowest BCUT2D eigenvalue weighted by Gasteiger charge is -2.30. The number of hydrogen-bond acceptors (Lipinski definition) is 7. The number of aromatic nitrogens is 1. The summed E-state index contributed by atoms with van der Waals surface area (Å²) in [6, 6.07) is 7.45. The van der Waals surface area contributed by atoms with E-state index in [1.807, 2.05) is 24.3 Å². The predicted molar refractivity (Wildman–Crippen MR) is 105 cm³/mol. The van der Waals surface area contributed by atoms with E-state index in [4.69, 9.17) is 18.3 Å². The van der Waals surface area contributed by atoms with Crippen LogP contribution in [0.2, 0.25) is 0 Å². The monoisotopic (exact) mass is 418 g/mol. The molecule has 0 spiro atoms. The molecule has 9 heteroatoms. The highest BCUT2D eigenvalue weighted by Crippen LogP contribution is 2.66. The highest BCUT2D eigenvalue weighted by molar-refractivity contribution is 7.50. The summed E-state index contributed by atoms with van der Waals surface area (Å²) >= 11 is 0. The van der Waals surface area contributed by atoms with E-state index in [1.165, 1.54) is 32.1 Å². The molecule has 1 aromatic carbocycles. The maximum absolute atomic E-state index is 12.2. The second-order valence-corrected chi connectivity index (χ2v) is 9.27. The lowest BCUT2D eigenvalue weighted by atomic mass is 10.0. The lowest BCUT2D eigenvalue weighted by Crippen LogP contribution is -2.35. The maximum atomic E-state index is 12.2. The van der Waals surface area contributed by atoms with Crippen molar-refractivity contribution in [3.8, 4) is 34.3 Å². The predicted octanol–water partition coefficient (Wildman–Crippen LogP) is 3.76. The summed E-state index contributed by atoms with van der Waals surface area (Å²) in [7, 11) is -3.74. The van der Waals surface area contributed by atoms with E-state index in [2.05, 4.69) is 11.8 Å². The van der Waals surface area contributed by atoms with Crippen LogP contribution in [0.5, 0.6) is 23.1 Å². The van der Waals surface area contributed by atoms with Crippen LogP contribution >= 0.6 is 7.82 Å². The molecule has 3 bridgehead atoms. The first kappa shape index (κ1) is 18.6. The number of phosphoric acid groups is 1. The SMILES string of the molecule is C[C@H]1CCCN(CCCOc2ccc(-c3c4c[n+]([O-])c5c3OP(=O)(O4)O5)cc2)C1. The van der Waals surface area contributed by atoms with E-state index in [-0.39, 0.29) is 17.4 Å². The average Bonchev–Trinajstić information content (AvgIpc) is 2.91. The summed E-state index contributed by atoms with van der Waals surface area (Å²) in [5.74, 6) is 1.79. The molecule has 3 aliphatic rings. The number of pyridine rings is 1. The summed E-state index contributed by atoms with van der Waals surface area (Å²) in [5, 5.41) is 11.9. The van der Waals surface area contributed by atoms with Crippen LogP contribution < -0.4 is 23.0 Å². The molecule has 0 saturated carbocycles. The Morgan fingerprint density at radius 2 is 2.10 bits per heavy atom. The number of piperidine rings is 1. The van der Waals surface area contributed by atoms with Gasteiger partial charge in [0.05, 0.1) is 12.2 Å². The van der Waals surface area contributed by atoms with Crippen LogP contribution in [0.25, 0.3) is 11.1 Å². The molecule has 2 atom stereocenters. The molecule has 0 N–H and O–H groups in total. The zero-order valence-electron chi connectivity index (χ0n) is 16.2. The number of phosphoric ester groups is 1. The van der Waals surface area contributed by atoms with E-state index < -0.39 is 7.82 Å². The molecule has 0 amide bonds. The van der Waals surface area contributed by atoms with Gasteiger partial charge in [-0.25, -0.2) is 0 Å². The Labute approximate surface area is 169 Å². The molecule has 5 rings (SSSR count). The molecule has 154 valence electrons. The van der Waals surface area contributed by atoms with Gasteiger partial charge in [-0.1, -0.05) is 19.1 Å². The summed E-state index contributed by atoms with van der Waals surface area (Å²) in [6.45, 7) is 6.41. The largest absolute Gasteiger partial charge is 0.652 e. The highest BCUT2D eigenvalue weighted by Gasteiger charge is 2.54. The van der Waals surface area contributed by atoms with Gasteiger partial charge in [0.15, 0.2) is 0 Å². The zero-order valence-corrected chi connectivity index (χ0v) is 17.1. The summed E-state index contributed by atoms with van der Waals surface area (Å²) < 4.78 is 34.2. The Morgan fingerprint density at radius 3 is 2.90 bits per heavy atom. The molecule has 3 aliphatic heterocycles. The van der Waals surface area contributed by atoms with Gasteiger partial charge in [0.2, 0.25) is 11.9 Å². The van der Waals surface area contributed by atoms with E-state index >= 15 is 0 Å². The number of hydrogen-bond donors (Lipinski definition) is 0. The van der Waals surface area contributed by atoms with Gasteiger partial charge in [-0.15, -0.1) is 4.73 Å². The molecule has 1 saturated heterocycles. The normalized spacial score (nSPS) is 24.7. The van der Waals surface area contributed by atoms with Gasteiger partial charge in [0, 0.05) is 13.1 Å². The third-order valence-electron chi connectivity index (χ3n) is 5.49. The Kier molecular flexibility index (Phi) is 4.56. The molecule has 29 heavy (non-hydrogen) atoms. The second kappa shape index (κ2) is 7.11. The summed E-state index contributed by atoms with van der Waals surface area (Å²) in [6.07, 6.45) is 4.82. The smallest absolute Gasteiger partial charge is 0.616 e. The van der Waals surface area contributed by atoms with Crippen molar-refractivity contribution in [3.63, 3.8) is 0 Å². The van der Waals surface area contributed by atoms with Crippen molar-refractivity contribution in [3.05, 3.63) is 35.7 Å². The van der Waals surface area contributed by atoms with Gasteiger partial charge in [-0.3, -0.25) is 0 Å². The first-order valence-corrected chi connectivity index (χ1v) is 11.4. The van der Waals surface area contributed by atoms with Crippen molar-refractivity contribution in [1.29, 1.82) is 0 Å². The second-order valence-electron chi connectivity index (χ2n) is 7.82. The fourth-order valence-electron chi connectivity index (χ4n) is 4.14. The molecule has 0 radical (unpaired) electrons. The highest BCUT2D eigenvalue weighted by atomic mass is 31.2. The Bertz CT molecular complexity index is 974. The topological polar surface area (TPSA) is 84.2 Å². The van der Waals surface area contributed by atoms with E-state index in [9.17, 15) is 9.77 Å². The zero-order chi connectivity index (χ0) is 20.0. The Balaban J connectivity index is 1.22. The van der Waals surface area contributed by atoms with Crippen molar-refractivity contribution in [1.82, 2.24) is 4.90 Å². The molecular weight excluding hydrogens is 395 g/mol. The molecule has 0 aliphatic carbocycles. The molecule has 1 fully saturated rings. The van der Waals surface area contributed by atoms with Crippen LogP contribution in [0.3, 0.4) is 0 Å². The van der Waals surface area contributed by atoms with Crippen molar-refractivity contribution in [2.24, 2.45) is 5.92 Å². The first-order valence-electron chi connectivity index (χ1n) is 9.95. The molecule has 2 aromatic rings. The number of rotatable bonds is 6. The molecule has 4 heterocycles. The average molecular weight is 418 g/mol. The third kappa shape index (κ3) is 3.51. The van der Waals surface area contributed by atoms with Crippen LogP contribution in [0.15, 0.2) is 30.5 Å². The molecular formula is C20H23N2O6P. The Morgan fingerprint density at radius 1 is 1.28 bits per heavy atom. The van der Waals surface area contributed by atoms with Crippen LogP contribution in [0.1, 0.15) is 26.2 Å². The number of benzene rings is 1. The molecule has 1 unspecified atom stereocenters. The van der Waals surface area contributed by atoms with Crippen LogP contribution in [0.4, 0.5) is 0 Å². The number of nitrogens with zero attached hydrogens (tertiary/aromatic N) is 2. The van der Waals surface area contributed by atoms with Crippen LogP contribution in [-0.2, 0) is 4.57 Å². The maximum Gasteiger partial charge on any atom is 0.652 e. The fourth-order valence-corrected chi connectivity index (χ4v) is 5.40. The minimum Gasteiger partial charge on any atom is -0.616 e. The summed E-state index contributed by atoms with van der Waals surface area (Å²) in [5.41, 5.74) is 1.32. The fraction of sp³-hybridized carbons (Fsp3) is 0.450. The van der Waals surface area contributed by atoms with Crippen molar-refractivity contribution in [2.45, 2.75) is 26.2 Å². The molecule has 1 aromatic heterocycles. The van der Waals surface area contributed by atoms with Gasteiger partial charge in [0.1, 0.15) is 5.75 Å². The quantitative estimate of drug-likeness (QED) is 0.306. The third-order valence-corrected chi connectivity index (χ3v) is 6.71. The van der Waals surface area contributed by atoms with Crippen LogP contribution in [-0.4, -0.2) is 31.1 Å². The van der Waals surface area contributed by atoms with Crippen LogP contribution in [0, 0.1) is 11.1 Å². The standard InChI is InChI=1S/C20H23N2O6P/c1-14-4-2-9-21(12-14)10-3-11-25-16-7-5-15(6-8-16)18-17-13-22(23)20-19(18)27-29(24,26-17)28-20/h5-8,13-14H,2-4,9-12H2,1H3/t14-,29?/m0/s1. The molecule has 8 nitrogen and oxygen atoms in total. The summed E-state index contributed by atoms with van der Waals surface area (Å²) in [4.78, 5) is 2.51. The van der Waals surface area contributed by atoms with E-state index in [1.54, 1.807) is 0 Å². The lowest BCUT2D eigenvalue weighted by molar-refractivity contribution is -0.608. The van der Waals surface area contributed by atoms with E-state index in [0.29, 0.717) is 16.9 Å². The van der Waals surface area contributed by atoms with Gasteiger partial charge in [-0.05, 0) is 49.4 Å². The Hall–Kier alpha value is -2.44. The minimum atomic E-state index is -3.74. The first-order chi connectivity index (χ1) is 14.0. The van der Waals surface area contributed by atoms with Gasteiger partial charge < -0.3 is 28.4 Å². The number of ether oxygens (including phenoxy) is 1. The van der Waals surface area contributed by atoms with Gasteiger partial charge >= 0.3 is 13.7 Å². The van der Waals surface area contributed by atoms with Gasteiger partial charge in [-0.2, -0.15) is 4.57 Å². The van der Waals surface area contributed by atoms with Gasteiger partial charge in [0.25, 0.3) is 5.75 Å². The van der Waals surface area contributed by atoms with Crippen molar-refractivity contribution in [2.75, 3.05) is 26.2 Å². The number of likely N-dealkylation sites (tertiary alicyclic amines) is 1. The van der Waals surface area contributed by atoms with E-state index in [0.717, 1.165) is 30.2 Å². The van der Waals surface area contributed by atoms with Crippen molar-refractivity contribution >= 4 is 7.82 Å².